The minimum Gasteiger partial charge on any atom is -0.480 e. The third kappa shape index (κ3) is 5.65. The minimum absolute atomic E-state index is 0.356. The number of unbranched alkanes of at least 4 members (excludes halogenated alkanes) is 1. The van der Waals surface area contributed by atoms with E-state index in [1.165, 1.54) is 0 Å². The van der Waals surface area contributed by atoms with E-state index in [1.807, 2.05) is 50.2 Å². The zero-order chi connectivity index (χ0) is 24.8. The van der Waals surface area contributed by atoms with Gasteiger partial charge in [0.25, 0.3) is 5.91 Å². The topological polar surface area (TPSA) is 106 Å². The van der Waals surface area contributed by atoms with Crippen molar-refractivity contribution in [3.8, 4) is 5.75 Å². The molecule has 0 saturated carbocycles. The van der Waals surface area contributed by atoms with Crippen LogP contribution in [0.25, 0.3) is 11.0 Å². The van der Waals surface area contributed by atoms with Crippen molar-refractivity contribution in [2.24, 2.45) is 0 Å². The lowest BCUT2D eigenvalue weighted by Crippen LogP contribution is -2.46. The molecule has 2 atom stereocenters. The van der Waals surface area contributed by atoms with E-state index < -0.39 is 29.6 Å². The van der Waals surface area contributed by atoms with Crippen LogP contribution in [0.3, 0.4) is 0 Å². The molecular formula is C27H31NO6. The first-order chi connectivity index (χ1) is 16.2. The van der Waals surface area contributed by atoms with Gasteiger partial charge in [-0.05, 0) is 50.5 Å². The molecule has 1 aromatic heterocycles. The number of hydrogen-bond acceptors (Lipinski definition) is 5. The molecule has 7 nitrogen and oxygen atoms in total. The first kappa shape index (κ1) is 25.0. The molecule has 0 aliphatic carbocycles. The van der Waals surface area contributed by atoms with Crippen LogP contribution >= 0.6 is 0 Å². The van der Waals surface area contributed by atoms with Crippen molar-refractivity contribution < 1.29 is 23.8 Å². The summed E-state index contributed by atoms with van der Waals surface area (Å²) in [6, 6.07) is 12.3. The van der Waals surface area contributed by atoms with Gasteiger partial charge < -0.3 is 19.6 Å². The number of benzene rings is 2. The Labute approximate surface area is 198 Å². The van der Waals surface area contributed by atoms with Crippen LogP contribution in [0.15, 0.2) is 51.7 Å². The zero-order valence-corrected chi connectivity index (χ0v) is 20.0. The Morgan fingerprint density at radius 1 is 1.09 bits per heavy atom. The largest absolute Gasteiger partial charge is 0.480 e. The highest BCUT2D eigenvalue weighted by Gasteiger charge is 2.24. The average molecular weight is 466 g/mol. The van der Waals surface area contributed by atoms with Gasteiger partial charge in [0.2, 0.25) is 0 Å². The molecule has 0 spiro atoms. The quantitative estimate of drug-likeness (QED) is 0.426. The number of hydrogen-bond donors (Lipinski definition) is 2. The van der Waals surface area contributed by atoms with Gasteiger partial charge in [-0.2, -0.15) is 0 Å². The number of carboxylic acids is 1. The number of amides is 1. The SMILES string of the molecule is CCCCC(NC(=O)C(C)Oc1ccc2c(C)c(Cc3ccccc3)c(=O)oc2c1C)C(=O)O. The summed E-state index contributed by atoms with van der Waals surface area (Å²) in [4.78, 5) is 36.8. The van der Waals surface area contributed by atoms with Crippen molar-refractivity contribution in [3.63, 3.8) is 0 Å². The maximum Gasteiger partial charge on any atom is 0.340 e. The molecule has 2 N–H and O–H groups in total. The number of ether oxygens (including phenoxy) is 1. The first-order valence-corrected chi connectivity index (χ1v) is 11.5. The Kier molecular flexibility index (Phi) is 8.10. The van der Waals surface area contributed by atoms with Gasteiger partial charge in [0, 0.05) is 22.9 Å². The van der Waals surface area contributed by atoms with E-state index in [9.17, 15) is 19.5 Å². The minimum atomic E-state index is -1.07. The summed E-state index contributed by atoms with van der Waals surface area (Å²) in [5.74, 6) is -1.19. The molecule has 34 heavy (non-hydrogen) atoms. The van der Waals surface area contributed by atoms with Crippen molar-refractivity contribution in [2.75, 3.05) is 0 Å². The van der Waals surface area contributed by atoms with E-state index in [1.54, 1.807) is 19.9 Å². The molecule has 3 aromatic rings. The number of aryl methyl sites for hydroxylation is 2. The smallest absolute Gasteiger partial charge is 0.340 e. The number of carboxylic acid groups (broad SMARTS) is 1. The summed E-state index contributed by atoms with van der Waals surface area (Å²) in [5.41, 5.74) is 3.08. The zero-order valence-electron chi connectivity index (χ0n) is 20.0. The summed E-state index contributed by atoms with van der Waals surface area (Å²) in [5, 5.41) is 12.7. The highest BCUT2D eigenvalue weighted by atomic mass is 16.5. The normalized spacial score (nSPS) is 12.8. The molecule has 180 valence electrons. The van der Waals surface area contributed by atoms with Crippen LogP contribution in [-0.4, -0.2) is 29.1 Å². The van der Waals surface area contributed by atoms with Gasteiger partial charge >= 0.3 is 11.6 Å². The molecule has 3 rings (SSSR count). The van der Waals surface area contributed by atoms with Gasteiger partial charge in [-0.3, -0.25) is 4.79 Å². The van der Waals surface area contributed by atoms with Crippen LogP contribution in [0, 0.1) is 13.8 Å². The second kappa shape index (κ2) is 11.0. The Bertz CT molecular complexity index is 1230. The monoisotopic (exact) mass is 465 g/mol. The van der Waals surface area contributed by atoms with Gasteiger partial charge in [-0.25, -0.2) is 9.59 Å². The molecule has 2 aromatic carbocycles. The lowest BCUT2D eigenvalue weighted by molar-refractivity contribution is -0.143. The van der Waals surface area contributed by atoms with E-state index in [0.29, 0.717) is 41.7 Å². The molecule has 2 unspecified atom stereocenters. The molecule has 0 bridgehead atoms. The molecule has 0 aliphatic rings. The molecule has 1 amide bonds. The third-order valence-corrected chi connectivity index (χ3v) is 6.01. The van der Waals surface area contributed by atoms with Gasteiger partial charge in [0.15, 0.2) is 6.10 Å². The molecule has 7 heteroatoms. The predicted octanol–water partition coefficient (Wildman–Crippen LogP) is 4.53. The van der Waals surface area contributed by atoms with E-state index in [-0.39, 0.29) is 0 Å². The molecule has 0 radical (unpaired) electrons. The van der Waals surface area contributed by atoms with Crippen molar-refractivity contribution in [1.29, 1.82) is 0 Å². The molecule has 0 aliphatic heterocycles. The number of fused-ring (bicyclic) bond motifs is 1. The molecule has 0 saturated heterocycles. The van der Waals surface area contributed by atoms with Crippen molar-refractivity contribution in [1.82, 2.24) is 5.32 Å². The highest BCUT2D eigenvalue weighted by Crippen LogP contribution is 2.30. The second-order valence-electron chi connectivity index (χ2n) is 8.52. The van der Waals surface area contributed by atoms with Crippen molar-refractivity contribution in [2.45, 2.75) is 65.5 Å². The fraction of sp³-hybridized carbons (Fsp3) is 0.370. The fourth-order valence-electron chi connectivity index (χ4n) is 3.90. The number of carbonyl (C=O) groups is 2. The molecular weight excluding hydrogens is 434 g/mol. The van der Waals surface area contributed by atoms with E-state index in [2.05, 4.69) is 5.32 Å². The second-order valence-corrected chi connectivity index (χ2v) is 8.52. The van der Waals surface area contributed by atoms with E-state index in [0.717, 1.165) is 22.9 Å². The standard InChI is InChI=1S/C27H31NO6/c1-5-6-12-22(26(30)31)28-25(29)18(4)33-23-14-13-20-16(2)21(15-19-10-8-7-9-11-19)27(32)34-24(20)17(23)3/h7-11,13-14,18,22H,5-6,12,15H2,1-4H3,(H,28,29)(H,30,31). The molecule has 1 heterocycles. The van der Waals surface area contributed by atoms with E-state index in [4.69, 9.17) is 9.15 Å². The lowest BCUT2D eigenvalue weighted by Gasteiger charge is -2.20. The summed E-state index contributed by atoms with van der Waals surface area (Å²) >= 11 is 0. The average Bonchev–Trinajstić information content (AvgIpc) is 2.81. The van der Waals surface area contributed by atoms with Crippen molar-refractivity contribution in [3.05, 3.63) is 75.1 Å². The maximum atomic E-state index is 12.8. The van der Waals surface area contributed by atoms with E-state index >= 15 is 0 Å². The third-order valence-electron chi connectivity index (χ3n) is 6.01. The summed E-state index contributed by atoms with van der Waals surface area (Å²) in [7, 11) is 0. The highest BCUT2D eigenvalue weighted by molar-refractivity contribution is 5.87. The summed E-state index contributed by atoms with van der Waals surface area (Å²) in [6.45, 7) is 7.18. The van der Waals surface area contributed by atoms with Gasteiger partial charge in [0.05, 0.1) is 0 Å². The van der Waals surface area contributed by atoms with Gasteiger partial charge in [0.1, 0.15) is 17.4 Å². The van der Waals surface area contributed by atoms with Crippen molar-refractivity contribution >= 4 is 22.8 Å². The summed E-state index contributed by atoms with van der Waals surface area (Å²) < 4.78 is 11.5. The van der Waals surface area contributed by atoms with Gasteiger partial charge in [-0.15, -0.1) is 0 Å². The lowest BCUT2D eigenvalue weighted by atomic mass is 9.98. The van der Waals surface area contributed by atoms with Crippen LogP contribution in [0.4, 0.5) is 0 Å². The Morgan fingerprint density at radius 2 is 1.79 bits per heavy atom. The van der Waals surface area contributed by atoms with Crippen LogP contribution in [0.5, 0.6) is 5.75 Å². The van der Waals surface area contributed by atoms with Gasteiger partial charge in [-0.1, -0.05) is 50.1 Å². The Hall–Kier alpha value is -3.61. The predicted molar refractivity (Wildman–Crippen MR) is 130 cm³/mol. The van der Waals surface area contributed by atoms with Crippen LogP contribution in [0.1, 0.15) is 55.4 Å². The maximum absolute atomic E-state index is 12.8. The van der Waals surface area contributed by atoms with Crippen LogP contribution < -0.4 is 15.7 Å². The number of nitrogens with one attached hydrogen (secondary N) is 1. The fourth-order valence-corrected chi connectivity index (χ4v) is 3.90. The number of aliphatic carboxylic acids is 1. The number of carbonyl (C=O) groups excluding carboxylic acids is 1. The van der Waals surface area contributed by atoms with Crippen LogP contribution in [0.2, 0.25) is 0 Å². The Morgan fingerprint density at radius 3 is 2.44 bits per heavy atom. The Balaban J connectivity index is 1.83. The van der Waals surface area contributed by atoms with Crippen LogP contribution in [-0.2, 0) is 16.0 Å². The summed E-state index contributed by atoms with van der Waals surface area (Å²) in [6.07, 6.45) is 1.43. The number of rotatable bonds is 10. The first-order valence-electron chi connectivity index (χ1n) is 11.5. The molecule has 0 fully saturated rings.